The molecule has 156 valence electrons. The van der Waals surface area contributed by atoms with E-state index in [1.54, 1.807) is 14.2 Å². The summed E-state index contributed by atoms with van der Waals surface area (Å²) in [6.07, 6.45) is 4.61. The van der Waals surface area contributed by atoms with Crippen molar-refractivity contribution in [2.45, 2.75) is 45.6 Å². The van der Waals surface area contributed by atoms with Crippen molar-refractivity contribution >= 4 is 27.7 Å². The number of hydrogen-bond donors (Lipinski definition) is 0. The molecule has 3 rings (SSSR count). The molecule has 0 fully saturated rings. The summed E-state index contributed by atoms with van der Waals surface area (Å²) in [6.45, 7) is 3.84. The normalized spacial score (nSPS) is 11.2. The quantitative estimate of drug-likeness (QED) is 0.440. The Kier molecular flexibility index (Phi) is 7.02. The molecule has 1 amide bonds. The molecular formula is C24H32N2O3. The van der Waals surface area contributed by atoms with Gasteiger partial charge in [0, 0.05) is 49.5 Å². The van der Waals surface area contributed by atoms with Crippen LogP contribution in [0.1, 0.15) is 39.0 Å². The van der Waals surface area contributed by atoms with Crippen molar-refractivity contribution in [2.75, 3.05) is 27.8 Å². The Morgan fingerprint density at radius 2 is 1.52 bits per heavy atom. The molecule has 1 aromatic heterocycles. The molecule has 0 radical (unpaired) electrons. The highest BCUT2D eigenvalue weighted by Crippen LogP contribution is 2.34. The molecule has 5 heteroatoms. The second-order valence-electron chi connectivity index (χ2n) is 7.54. The van der Waals surface area contributed by atoms with Crippen LogP contribution in [0.25, 0.3) is 21.8 Å². The van der Waals surface area contributed by atoms with E-state index in [9.17, 15) is 4.79 Å². The van der Waals surface area contributed by atoms with E-state index < -0.39 is 0 Å². The average Bonchev–Trinajstić information content (AvgIpc) is 3.05. The summed E-state index contributed by atoms with van der Waals surface area (Å²) in [5, 5.41) is 2.44. The highest BCUT2D eigenvalue weighted by molar-refractivity contribution is 6.08. The third kappa shape index (κ3) is 4.66. The molecule has 0 bridgehead atoms. The number of unbranched alkanes of at least 4 members (excludes halogenated alkanes) is 2. The number of methoxy groups -OCH3 is 2. The zero-order valence-electron chi connectivity index (χ0n) is 18.0. The highest BCUT2D eigenvalue weighted by Gasteiger charge is 2.13. The van der Waals surface area contributed by atoms with E-state index in [1.165, 1.54) is 21.8 Å². The Morgan fingerprint density at radius 3 is 2.03 bits per heavy atom. The van der Waals surface area contributed by atoms with E-state index in [2.05, 4.69) is 35.8 Å². The van der Waals surface area contributed by atoms with Crippen LogP contribution in [0.5, 0.6) is 11.5 Å². The smallest absolute Gasteiger partial charge is 0.222 e. The highest BCUT2D eigenvalue weighted by atomic mass is 16.5. The number of nitrogens with zero attached hydrogens (tertiary/aromatic N) is 2. The topological polar surface area (TPSA) is 43.7 Å². The van der Waals surface area contributed by atoms with Crippen molar-refractivity contribution in [1.29, 1.82) is 0 Å². The molecular weight excluding hydrogens is 364 g/mol. The predicted octanol–water partition coefficient (Wildman–Crippen LogP) is 5.24. The molecule has 1 heterocycles. The maximum absolute atomic E-state index is 12.1. The van der Waals surface area contributed by atoms with Crippen LogP contribution in [0.2, 0.25) is 0 Å². The molecule has 5 nitrogen and oxygen atoms in total. The first-order valence-corrected chi connectivity index (χ1v) is 10.5. The minimum Gasteiger partial charge on any atom is -0.497 e. The van der Waals surface area contributed by atoms with Crippen molar-refractivity contribution < 1.29 is 14.3 Å². The number of benzene rings is 2. The van der Waals surface area contributed by atoms with Gasteiger partial charge < -0.3 is 18.9 Å². The van der Waals surface area contributed by atoms with E-state index in [-0.39, 0.29) is 5.91 Å². The number of rotatable bonds is 10. The van der Waals surface area contributed by atoms with E-state index in [0.29, 0.717) is 6.42 Å². The Balaban J connectivity index is 1.75. The van der Waals surface area contributed by atoms with Crippen LogP contribution in [-0.4, -0.2) is 43.2 Å². The summed E-state index contributed by atoms with van der Waals surface area (Å²) in [5.74, 6) is 1.97. The van der Waals surface area contributed by atoms with E-state index in [0.717, 1.165) is 50.3 Å². The molecule has 3 aromatic rings. The summed E-state index contributed by atoms with van der Waals surface area (Å²) in [5.41, 5.74) is 2.35. The fourth-order valence-electron chi connectivity index (χ4n) is 3.92. The van der Waals surface area contributed by atoms with Crippen LogP contribution < -0.4 is 9.47 Å². The summed E-state index contributed by atoms with van der Waals surface area (Å²) < 4.78 is 13.2. The van der Waals surface area contributed by atoms with Gasteiger partial charge in [0.2, 0.25) is 5.91 Å². The minimum absolute atomic E-state index is 0.248. The lowest BCUT2D eigenvalue weighted by Gasteiger charge is -2.15. The predicted molar refractivity (Wildman–Crippen MR) is 119 cm³/mol. The molecule has 0 unspecified atom stereocenters. The van der Waals surface area contributed by atoms with Gasteiger partial charge in [0.1, 0.15) is 11.5 Å². The lowest BCUT2D eigenvalue weighted by Crippen LogP contribution is -2.26. The number of fused-ring (bicyclic) bond motifs is 3. The van der Waals surface area contributed by atoms with E-state index in [4.69, 9.17) is 9.47 Å². The first-order valence-electron chi connectivity index (χ1n) is 10.5. The van der Waals surface area contributed by atoms with Gasteiger partial charge in [-0.25, -0.2) is 0 Å². The minimum atomic E-state index is 0.248. The zero-order chi connectivity index (χ0) is 20.8. The molecule has 2 aromatic carbocycles. The Hall–Kier alpha value is -2.69. The second-order valence-corrected chi connectivity index (χ2v) is 7.54. The monoisotopic (exact) mass is 396 g/mol. The van der Waals surface area contributed by atoms with Crippen LogP contribution in [0.3, 0.4) is 0 Å². The van der Waals surface area contributed by atoms with Gasteiger partial charge >= 0.3 is 0 Å². The van der Waals surface area contributed by atoms with Crippen molar-refractivity contribution in [3.8, 4) is 11.5 Å². The van der Waals surface area contributed by atoms with Gasteiger partial charge in [-0.3, -0.25) is 4.79 Å². The zero-order valence-corrected chi connectivity index (χ0v) is 18.0. The third-order valence-electron chi connectivity index (χ3n) is 5.54. The largest absolute Gasteiger partial charge is 0.497 e. The Bertz CT molecular complexity index is 916. The molecule has 29 heavy (non-hydrogen) atoms. The van der Waals surface area contributed by atoms with Crippen molar-refractivity contribution in [1.82, 2.24) is 9.47 Å². The van der Waals surface area contributed by atoms with Gasteiger partial charge in [-0.05, 0) is 43.5 Å². The number of amides is 1. The fraction of sp³-hybridized carbons (Fsp3) is 0.458. The van der Waals surface area contributed by atoms with Crippen LogP contribution in [0, 0.1) is 0 Å². The van der Waals surface area contributed by atoms with Gasteiger partial charge in [0.25, 0.3) is 0 Å². The lowest BCUT2D eigenvalue weighted by atomic mass is 10.1. The van der Waals surface area contributed by atoms with Gasteiger partial charge in [-0.2, -0.15) is 0 Å². The maximum atomic E-state index is 12.1. The maximum Gasteiger partial charge on any atom is 0.222 e. The first-order chi connectivity index (χ1) is 14.1. The SMILES string of the molecule is CCCN(C)C(=O)CCCCCn1c2cc(OC)ccc2c2ccc(OC)cc21. The summed E-state index contributed by atoms with van der Waals surface area (Å²) >= 11 is 0. The number of aromatic nitrogens is 1. The summed E-state index contributed by atoms with van der Waals surface area (Å²) in [6, 6.07) is 12.5. The van der Waals surface area contributed by atoms with Crippen LogP contribution in [-0.2, 0) is 11.3 Å². The molecule has 0 aliphatic rings. The molecule has 0 saturated carbocycles. The lowest BCUT2D eigenvalue weighted by molar-refractivity contribution is -0.130. The summed E-state index contributed by atoms with van der Waals surface area (Å²) in [4.78, 5) is 13.9. The third-order valence-corrected chi connectivity index (χ3v) is 5.54. The molecule has 0 aliphatic carbocycles. The standard InChI is InChI=1S/C24H32N2O3/c1-5-14-25(2)24(27)9-7-6-8-15-26-22-16-18(28-3)10-12-20(22)21-13-11-19(29-4)17-23(21)26/h10-13,16-17H,5-9,14-15H2,1-4H3. The number of ether oxygens (including phenoxy) is 2. The van der Waals surface area contributed by atoms with Crippen molar-refractivity contribution in [3.05, 3.63) is 36.4 Å². The summed E-state index contributed by atoms with van der Waals surface area (Å²) in [7, 11) is 5.29. The molecule has 0 atom stereocenters. The number of carbonyl (C=O) groups excluding carboxylic acids is 1. The van der Waals surface area contributed by atoms with Crippen molar-refractivity contribution in [3.63, 3.8) is 0 Å². The van der Waals surface area contributed by atoms with Crippen LogP contribution in [0.15, 0.2) is 36.4 Å². The van der Waals surface area contributed by atoms with Crippen LogP contribution in [0.4, 0.5) is 0 Å². The molecule has 0 N–H and O–H groups in total. The molecule has 0 spiro atoms. The van der Waals surface area contributed by atoms with E-state index in [1.807, 2.05) is 24.1 Å². The van der Waals surface area contributed by atoms with Gasteiger partial charge in [-0.15, -0.1) is 0 Å². The molecule has 0 aliphatic heterocycles. The number of aryl methyl sites for hydroxylation is 1. The van der Waals surface area contributed by atoms with Crippen molar-refractivity contribution in [2.24, 2.45) is 0 Å². The number of hydrogen-bond acceptors (Lipinski definition) is 3. The second kappa shape index (κ2) is 9.68. The van der Waals surface area contributed by atoms with Gasteiger partial charge in [-0.1, -0.05) is 13.3 Å². The Morgan fingerprint density at radius 1 is 0.931 bits per heavy atom. The van der Waals surface area contributed by atoms with Gasteiger partial charge in [0.15, 0.2) is 0 Å². The number of carbonyl (C=O) groups is 1. The molecule has 0 saturated heterocycles. The van der Waals surface area contributed by atoms with E-state index >= 15 is 0 Å². The fourth-order valence-corrected chi connectivity index (χ4v) is 3.92. The van der Waals surface area contributed by atoms with Gasteiger partial charge in [0.05, 0.1) is 25.3 Å². The Labute approximate surface area is 173 Å². The van der Waals surface area contributed by atoms with Crippen LogP contribution >= 0.6 is 0 Å². The first kappa shape index (κ1) is 21.0. The average molecular weight is 397 g/mol.